The number of nitrogens with zero attached hydrogens (tertiary/aromatic N) is 3. The molecule has 1 aromatic carbocycles. The van der Waals surface area contributed by atoms with Crippen LogP contribution in [0, 0.1) is 34.3 Å². The maximum Gasteiger partial charge on any atom is 0.225 e. The molecule has 190 valence electrons. The molecule has 1 fully saturated rings. The lowest BCUT2D eigenvalue weighted by molar-refractivity contribution is 0.277. The first-order chi connectivity index (χ1) is 16.8. The molecule has 0 atom stereocenters. The minimum Gasteiger partial charge on any atom is -0.493 e. The van der Waals surface area contributed by atoms with Crippen molar-refractivity contribution in [3.8, 4) is 5.75 Å². The number of piperidine rings is 1. The van der Waals surface area contributed by atoms with Crippen molar-refractivity contribution in [2.75, 3.05) is 24.6 Å². The van der Waals surface area contributed by atoms with E-state index in [1.165, 1.54) is 5.56 Å². The lowest BCUT2D eigenvalue weighted by atomic mass is 9.92. The van der Waals surface area contributed by atoms with Crippen LogP contribution in [0.25, 0.3) is 0 Å². The predicted molar refractivity (Wildman–Crippen MR) is 139 cm³/mol. The molecule has 0 bridgehead atoms. The second kappa shape index (κ2) is 13.0. The third kappa shape index (κ3) is 7.72. The van der Waals surface area contributed by atoms with Crippen LogP contribution in [0.4, 0.5) is 14.7 Å². The van der Waals surface area contributed by atoms with Crippen molar-refractivity contribution in [3.63, 3.8) is 0 Å². The van der Waals surface area contributed by atoms with Gasteiger partial charge in [0.05, 0.1) is 17.2 Å². The minimum absolute atomic E-state index is 0.105. The molecule has 35 heavy (non-hydrogen) atoms. The third-order valence-electron chi connectivity index (χ3n) is 6.13. The van der Waals surface area contributed by atoms with E-state index in [1.807, 2.05) is 12.4 Å². The zero-order chi connectivity index (χ0) is 25.4. The van der Waals surface area contributed by atoms with Crippen molar-refractivity contribution in [1.29, 1.82) is 10.8 Å². The van der Waals surface area contributed by atoms with Crippen LogP contribution in [0.1, 0.15) is 64.0 Å². The van der Waals surface area contributed by atoms with Gasteiger partial charge >= 0.3 is 0 Å². The lowest BCUT2D eigenvalue weighted by Crippen LogP contribution is -2.35. The zero-order valence-corrected chi connectivity index (χ0v) is 21.6. The minimum atomic E-state index is -0.841. The summed E-state index contributed by atoms with van der Waals surface area (Å²) >= 11 is 0.768. The smallest absolute Gasteiger partial charge is 0.225 e. The van der Waals surface area contributed by atoms with Crippen molar-refractivity contribution in [2.24, 2.45) is 11.8 Å². The van der Waals surface area contributed by atoms with E-state index in [0.29, 0.717) is 12.5 Å². The number of aryl methyl sites for hydroxylation is 1. The molecule has 1 aliphatic rings. The third-order valence-corrected chi connectivity index (χ3v) is 7.23. The van der Waals surface area contributed by atoms with Gasteiger partial charge in [-0.2, -0.15) is 0 Å². The van der Waals surface area contributed by atoms with Crippen LogP contribution in [0.15, 0.2) is 24.5 Å². The number of hydrogen-bond donors (Lipinski definition) is 2. The first-order valence-electron chi connectivity index (χ1n) is 12.3. The van der Waals surface area contributed by atoms with E-state index < -0.39 is 17.2 Å². The predicted octanol–water partition coefficient (Wildman–Crippen LogP) is 6.47. The van der Waals surface area contributed by atoms with Gasteiger partial charge in [0.25, 0.3) is 0 Å². The maximum absolute atomic E-state index is 14.5. The van der Waals surface area contributed by atoms with E-state index in [4.69, 9.17) is 15.6 Å². The van der Waals surface area contributed by atoms with E-state index in [9.17, 15) is 8.78 Å². The molecule has 2 heterocycles. The van der Waals surface area contributed by atoms with Crippen LogP contribution < -0.4 is 9.64 Å². The summed E-state index contributed by atoms with van der Waals surface area (Å²) in [7, 11) is 0. The molecule has 1 aliphatic heterocycles. The Morgan fingerprint density at radius 1 is 1.14 bits per heavy atom. The highest BCUT2D eigenvalue weighted by atomic mass is 32.2. The van der Waals surface area contributed by atoms with E-state index in [2.05, 4.69) is 21.8 Å². The Morgan fingerprint density at radius 2 is 1.77 bits per heavy atom. The fourth-order valence-corrected chi connectivity index (χ4v) is 4.79. The first kappa shape index (κ1) is 27.0. The van der Waals surface area contributed by atoms with Crippen molar-refractivity contribution in [2.45, 2.75) is 59.3 Å². The molecular formula is C26H35F2N5OS. The van der Waals surface area contributed by atoms with E-state index >= 15 is 0 Å². The summed E-state index contributed by atoms with van der Waals surface area (Å²) in [6.45, 7) is 7.98. The van der Waals surface area contributed by atoms with Crippen LogP contribution in [0.3, 0.4) is 0 Å². The number of ether oxygens (including phenoxy) is 1. The summed E-state index contributed by atoms with van der Waals surface area (Å²) in [6, 6.07) is 2.24. The van der Waals surface area contributed by atoms with Gasteiger partial charge in [-0.05, 0) is 43.6 Å². The Kier molecular flexibility index (Phi) is 10.0. The zero-order valence-electron chi connectivity index (χ0n) is 20.7. The van der Waals surface area contributed by atoms with Gasteiger partial charge in [-0.1, -0.05) is 39.0 Å². The number of rotatable bonds is 10. The van der Waals surface area contributed by atoms with Gasteiger partial charge in [0.1, 0.15) is 22.4 Å². The molecule has 0 radical (unpaired) electrons. The maximum atomic E-state index is 14.5. The van der Waals surface area contributed by atoms with Crippen LogP contribution in [0.2, 0.25) is 0 Å². The fourth-order valence-electron chi connectivity index (χ4n) is 4.04. The van der Waals surface area contributed by atoms with Crippen molar-refractivity contribution in [3.05, 3.63) is 47.3 Å². The monoisotopic (exact) mass is 503 g/mol. The number of anilines is 1. The van der Waals surface area contributed by atoms with Gasteiger partial charge in [0.15, 0.2) is 0 Å². The number of nitrogens with one attached hydrogen (secondary N) is 2. The van der Waals surface area contributed by atoms with Crippen LogP contribution in [0.5, 0.6) is 5.75 Å². The number of hydrogen-bond acceptors (Lipinski definition) is 7. The quantitative estimate of drug-likeness (QED) is 0.220. The van der Waals surface area contributed by atoms with Gasteiger partial charge < -0.3 is 9.64 Å². The normalized spacial score (nSPS) is 14.4. The second-order valence-corrected chi connectivity index (χ2v) is 10.3. The van der Waals surface area contributed by atoms with Gasteiger partial charge in [0.2, 0.25) is 5.95 Å². The Hall–Kier alpha value is -2.55. The fraction of sp³-hybridized carbons (Fsp3) is 0.538. The number of aromatic nitrogens is 2. The molecular weight excluding hydrogens is 468 g/mol. The molecule has 0 saturated carbocycles. The summed E-state index contributed by atoms with van der Waals surface area (Å²) in [5.74, 6) is -0.283. The van der Waals surface area contributed by atoms with E-state index in [0.717, 1.165) is 81.5 Å². The SMILES string of the molecule is CCCc1cnc(N2CCC(CCCOc3cc(F)c(C(=N)SC(=N)C(C)C)c(F)c3)CC2)nc1. The highest BCUT2D eigenvalue weighted by Crippen LogP contribution is 2.27. The number of benzene rings is 1. The standard InChI is InChI=1S/C26H35F2N5OS/c1-4-6-19-15-31-26(32-16-19)33-10-8-18(9-11-33)7-5-12-34-20-13-21(27)23(22(28)14-20)25(30)35-24(29)17(2)3/h13-18,29-30H,4-12H2,1-3H3. The van der Waals surface area contributed by atoms with Gasteiger partial charge in [-0.25, -0.2) is 18.7 Å². The Labute approximate surface area is 210 Å². The Bertz CT molecular complexity index is 984. The molecule has 2 aromatic rings. The Balaban J connectivity index is 1.41. The summed E-state index contributed by atoms with van der Waals surface area (Å²) in [6.07, 6.45) is 9.84. The molecule has 6 nitrogen and oxygen atoms in total. The molecule has 1 aromatic heterocycles. The average Bonchev–Trinajstić information content (AvgIpc) is 2.82. The van der Waals surface area contributed by atoms with Crippen LogP contribution in [-0.4, -0.2) is 39.8 Å². The molecule has 1 saturated heterocycles. The molecule has 2 N–H and O–H groups in total. The van der Waals surface area contributed by atoms with Crippen molar-refractivity contribution in [1.82, 2.24) is 9.97 Å². The largest absolute Gasteiger partial charge is 0.493 e. The van der Waals surface area contributed by atoms with Crippen LogP contribution in [-0.2, 0) is 6.42 Å². The van der Waals surface area contributed by atoms with Crippen molar-refractivity contribution < 1.29 is 13.5 Å². The molecule has 0 amide bonds. The van der Waals surface area contributed by atoms with E-state index in [1.54, 1.807) is 13.8 Å². The summed E-state index contributed by atoms with van der Waals surface area (Å²) in [4.78, 5) is 11.3. The molecule has 3 rings (SSSR count). The molecule has 9 heteroatoms. The molecule has 0 spiro atoms. The highest BCUT2D eigenvalue weighted by Gasteiger charge is 2.22. The molecule has 0 aliphatic carbocycles. The number of halogens is 2. The van der Waals surface area contributed by atoms with Gasteiger partial charge in [-0.15, -0.1) is 0 Å². The number of thioether (sulfide) groups is 1. The van der Waals surface area contributed by atoms with Crippen LogP contribution >= 0.6 is 11.8 Å². The topological polar surface area (TPSA) is 86.0 Å². The van der Waals surface area contributed by atoms with Crippen molar-refractivity contribution >= 4 is 27.8 Å². The second-order valence-electron chi connectivity index (χ2n) is 9.27. The summed E-state index contributed by atoms with van der Waals surface area (Å²) < 4.78 is 34.6. The highest BCUT2D eigenvalue weighted by molar-refractivity contribution is 8.26. The molecule has 0 unspecified atom stereocenters. The lowest BCUT2D eigenvalue weighted by Gasteiger charge is -2.32. The first-order valence-corrected chi connectivity index (χ1v) is 13.1. The Morgan fingerprint density at radius 3 is 2.34 bits per heavy atom. The van der Waals surface area contributed by atoms with Gasteiger partial charge in [0, 0.05) is 43.5 Å². The average molecular weight is 504 g/mol. The summed E-state index contributed by atoms with van der Waals surface area (Å²) in [5.41, 5.74) is 0.757. The van der Waals surface area contributed by atoms with E-state index in [-0.39, 0.29) is 21.8 Å². The van der Waals surface area contributed by atoms with Gasteiger partial charge in [-0.3, -0.25) is 10.8 Å². The summed E-state index contributed by atoms with van der Waals surface area (Å²) in [5, 5.41) is 15.7.